The second-order valence-electron chi connectivity index (χ2n) is 4.50. The van der Waals surface area contributed by atoms with Crippen LogP contribution in [0.1, 0.15) is 38.0 Å². The summed E-state index contributed by atoms with van der Waals surface area (Å²) in [6.07, 6.45) is 5.24. The van der Waals surface area contributed by atoms with E-state index < -0.39 is 0 Å². The SMILES string of the molecule is CCOC1CC(Cc2nnc(CCCCl)o2)C1. The largest absolute Gasteiger partial charge is 0.425 e. The highest BCUT2D eigenvalue weighted by molar-refractivity contribution is 6.17. The molecule has 96 valence electrons. The summed E-state index contributed by atoms with van der Waals surface area (Å²) in [7, 11) is 0. The molecule has 0 bridgehead atoms. The molecule has 0 aromatic carbocycles. The number of nitrogens with zero attached hydrogens (tertiary/aromatic N) is 2. The van der Waals surface area contributed by atoms with Crippen molar-refractivity contribution in [2.24, 2.45) is 5.92 Å². The Hall–Kier alpha value is -0.610. The average molecular weight is 259 g/mol. The predicted molar refractivity (Wildman–Crippen MR) is 65.2 cm³/mol. The maximum Gasteiger partial charge on any atom is 0.216 e. The molecule has 1 heterocycles. The molecule has 0 radical (unpaired) electrons. The minimum Gasteiger partial charge on any atom is -0.425 e. The van der Waals surface area contributed by atoms with Crippen LogP contribution in [-0.2, 0) is 17.6 Å². The van der Waals surface area contributed by atoms with Crippen molar-refractivity contribution in [2.75, 3.05) is 12.5 Å². The molecule has 0 N–H and O–H groups in total. The van der Waals surface area contributed by atoms with Crippen LogP contribution in [0.5, 0.6) is 0 Å². The van der Waals surface area contributed by atoms with E-state index >= 15 is 0 Å². The third kappa shape index (κ3) is 3.68. The lowest BCUT2D eigenvalue weighted by Gasteiger charge is -2.33. The molecule has 0 aliphatic heterocycles. The Morgan fingerprint density at radius 2 is 2.12 bits per heavy atom. The Bertz CT molecular complexity index is 337. The molecule has 0 unspecified atom stereocenters. The first-order valence-electron chi connectivity index (χ1n) is 6.30. The molecule has 0 saturated heterocycles. The molecule has 1 aliphatic carbocycles. The van der Waals surface area contributed by atoms with Gasteiger partial charge in [-0.3, -0.25) is 0 Å². The maximum absolute atomic E-state index is 5.62. The molecule has 1 aromatic rings. The Kier molecular flexibility index (Phi) is 4.80. The molecule has 4 nitrogen and oxygen atoms in total. The third-order valence-electron chi connectivity index (χ3n) is 3.09. The van der Waals surface area contributed by atoms with Crippen LogP contribution < -0.4 is 0 Å². The molecular formula is C12H19ClN2O2. The van der Waals surface area contributed by atoms with Crippen LogP contribution in [-0.4, -0.2) is 28.8 Å². The maximum atomic E-state index is 5.62. The van der Waals surface area contributed by atoms with Crippen LogP contribution in [0.15, 0.2) is 4.42 Å². The van der Waals surface area contributed by atoms with Gasteiger partial charge < -0.3 is 9.15 Å². The van der Waals surface area contributed by atoms with Crippen LogP contribution in [0.2, 0.25) is 0 Å². The summed E-state index contributed by atoms with van der Waals surface area (Å²) in [6.45, 7) is 2.84. The smallest absolute Gasteiger partial charge is 0.216 e. The fourth-order valence-electron chi connectivity index (χ4n) is 2.15. The molecule has 0 amide bonds. The first kappa shape index (κ1) is 12.8. The highest BCUT2D eigenvalue weighted by Gasteiger charge is 2.30. The third-order valence-corrected chi connectivity index (χ3v) is 3.36. The second kappa shape index (κ2) is 6.36. The highest BCUT2D eigenvalue weighted by atomic mass is 35.5. The molecule has 1 fully saturated rings. The van der Waals surface area contributed by atoms with Gasteiger partial charge in [-0.15, -0.1) is 21.8 Å². The van der Waals surface area contributed by atoms with Gasteiger partial charge in [0.25, 0.3) is 0 Å². The average Bonchev–Trinajstić information content (AvgIpc) is 2.71. The Morgan fingerprint density at radius 1 is 1.35 bits per heavy atom. The number of halogens is 1. The van der Waals surface area contributed by atoms with E-state index in [1.165, 1.54) is 0 Å². The molecule has 1 saturated carbocycles. The van der Waals surface area contributed by atoms with E-state index in [4.69, 9.17) is 20.8 Å². The fraction of sp³-hybridized carbons (Fsp3) is 0.833. The molecule has 1 aliphatic rings. The number of aryl methyl sites for hydroxylation is 1. The van der Waals surface area contributed by atoms with Crippen molar-refractivity contribution in [2.45, 2.75) is 45.1 Å². The highest BCUT2D eigenvalue weighted by Crippen LogP contribution is 2.32. The van der Waals surface area contributed by atoms with Crippen LogP contribution >= 0.6 is 11.6 Å². The Morgan fingerprint density at radius 3 is 2.82 bits per heavy atom. The van der Waals surface area contributed by atoms with Crippen LogP contribution in [0.4, 0.5) is 0 Å². The van der Waals surface area contributed by atoms with Gasteiger partial charge in [-0.1, -0.05) is 0 Å². The van der Waals surface area contributed by atoms with Crippen molar-refractivity contribution in [1.82, 2.24) is 10.2 Å². The number of hydrogen-bond acceptors (Lipinski definition) is 4. The van der Waals surface area contributed by atoms with Crippen molar-refractivity contribution in [3.05, 3.63) is 11.8 Å². The van der Waals surface area contributed by atoms with E-state index in [0.29, 0.717) is 23.8 Å². The zero-order chi connectivity index (χ0) is 12.1. The van der Waals surface area contributed by atoms with Gasteiger partial charge in [0.15, 0.2) is 0 Å². The van der Waals surface area contributed by atoms with Gasteiger partial charge in [-0.25, -0.2) is 0 Å². The molecule has 17 heavy (non-hydrogen) atoms. The zero-order valence-corrected chi connectivity index (χ0v) is 10.9. The summed E-state index contributed by atoms with van der Waals surface area (Å²) in [4.78, 5) is 0. The first-order chi connectivity index (χ1) is 8.31. The van der Waals surface area contributed by atoms with Gasteiger partial charge in [0, 0.05) is 25.3 Å². The van der Waals surface area contributed by atoms with Crippen LogP contribution in [0.3, 0.4) is 0 Å². The Balaban J connectivity index is 1.71. The second-order valence-corrected chi connectivity index (χ2v) is 4.88. The van der Waals surface area contributed by atoms with E-state index in [2.05, 4.69) is 10.2 Å². The van der Waals surface area contributed by atoms with Crippen LogP contribution in [0.25, 0.3) is 0 Å². The summed E-state index contributed by atoms with van der Waals surface area (Å²) in [5.74, 6) is 2.75. The quantitative estimate of drug-likeness (QED) is 0.706. The van der Waals surface area contributed by atoms with E-state index in [1.54, 1.807) is 0 Å². The monoisotopic (exact) mass is 258 g/mol. The van der Waals surface area contributed by atoms with Gasteiger partial charge in [0.2, 0.25) is 11.8 Å². The topological polar surface area (TPSA) is 48.2 Å². The normalized spacial score (nSPS) is 23.6. The summed E-state index contributed by atoms with van der Waals surface area (Å²) < 4.78 is 11.1. The minimum absolute atomic E-state index is 0.448. The van der Waals surface area contributed by atoms with Crippen molar-refractivity contribution >= 4 is 11.6 Å². The Labute approximate surface area is 107 Å². The van der Waals surface area contributed by atoms with Crippen molar-refractivity contribution < 1.29 is 9.15 Å². The van der Waals surface area contributed by atoms with Gasteiger partial charge in [-0.2, -0.15) is 0 Å². The number of aromatic nitrogens is 2. The molecule has 0 spiro atoms. The summed E-state index contributed by atoms with van der Waals surface area (Å²) >= 11 is 5.62. The molecule has 1 aromatic heterocycles. The van der Waals surface area contributed by atoms with E-state index in [9.17, 15) is 0 Å². The van der Waals surface area contributed by atoms with Gasteiger partial charge in [0.1, 0.15) is 0 Å². The molecule has 5 heteroatoms. The van der Waals surface area contributed by atoms with Crippen molar-refractivity contribution in [3.8, 4) is 0 Å². The minimum atomic E-state index is 0.448. The lowest BCUT2D eigenvalue weighted by Crippen LogP contribution is -2.32. The summed E-state index contributed by atoms with van der Waals surface area (Å²) in [5.41, 5.74) is 0. The lowest BCUT2D eigenvalue weighted by molar-refractivity contribution is -0.0255. The number of hydrogen-bond donors (Lipinski definition) is 0. The number of rotatable bonds is 7. The zero-order valence-electron chi connectivity index (χ0n) is 10.2. The van der Waals surface area contributed by atoms with Gasteiger partial charge >= 0.3 is 0 Å². The molecule has 0 atom stereocenters. The number of alkyl halides is 1. The molecule has 2 rings (SSSR count). The number of ether oxygens (including phenoxy) is 1. The predicted octanol–water partition coefficient (Wildman–Crippen LogP) is 2.60. The lowest BCUT2D eigenvalue weighted by atomic mass is 9.80. The summed E-state index contributed by atoms with van der Waals surface area (Å²) in [6, 6.07) is 0. The van der Waals surface area contributed by atoms with Crippen molar-refractivity contribution in [3.63, 3.8) is 0 Å². The van der Waals surface area contributed by atoms with Gasteiger partial charge in [0.05, 0.1) is 6.10 Å². The van der Waals surface area contributed by atoms with E-state index in [0.717, 1.165) is 44.6 Å². The van der Waals surface area contributed by atoms with Crippen LogP contribution in [0, 0.1) is 5.92 Å². The van der Waals surface area contributed by atoms with Crippen molar-refractivity contribution in [1.29, 1.82) is 0 Å². The van der Waals surface area contributed by atoms with E-state index in [1.807, 2.05) is 6.92 Å². The van der Waals surface area contributed by atoms with E-state index in [-0.39, 0.29) is 0 Å². The van der Waals surface area contributed by atoms with Gasteiger partial charge in [-0.05, 0) is 32.1 Å². The summed E-state index contributed by atoms with van der Waals surface area (Å²) in [5, 5.41) is 8.08. The fourth-order valence-corrected chi connectivity index (χ4v) is 2.28. The first-order valence-corrected chi connectivity index (χ1v) is 6.84. The molecular weight excluding hydrogens is 240 g/mol. The standard InChI is InChI=1S/C12H19ClN2O2/c1-2-16-10-6-9(7-10)8-12-15-14-11(17-12)4-3-5-13/h9-10H,2-8H2,1H3.